The van der Waals surface area contributed by atoms with Crippen molar-refractivity contribution in [2.45, 2.75) is 46.1 Å². The number of aryl methyl sites for hydroxylation is 2. The molecule has 2 heterocycles. The highest BCUT2D eigenvalue weighted by atomic mass is 16.3. The smallest absolute Gasteiger partial charge is 0.315 e. The highest BCUT2D eigenvalue weighted by molar-refractivity contribution is 5.74. The number of rotatable bonds is 4. The number of nitrogens with zero attached hydrogens (tertiary/aromatic N) is 2. The summed E-state index contributed by atoms with van der Waals surface area (Å²) in [7, 11) is 1.89. The van der Waals surface area contributed by atoms with Crippen LogP contribution in [0, 0.1) is 12.3 Å². The van der Waals surface area contributed by atoms with Gasteiger partial charge in [-0.25, -0.2) is 4.79 Å². The SMILES string of the molecule is Cc1cc2c(o1)CC(C)(C)CC2NC(=O)NCCc1cnn(C)c1. The van der Waals surface area contributed by atoms with Crippen LogP contribution in [0.25, 0.3) is 0 Å². The second-order valence-corrected chi connectivity index (χ2v) is 7.51. The van der Waals surface area contributed by atoms with E-state index in [9.17, 15) is 4.79 Å². The Morgan fingerprint density at radius 1 is 1.50 bits per heavy atom. The van der Waals surface area contributed by atoms with Gasteiger partial charge in [0.05, 0.1) is 12.2 Å². The Hall–Kier alpha value is -2.24. The van der Waals surface area contributed by atoms with Crippen molar-refractivity contribution < 1.29 is 9.21 Å². The molecule has 0 fully saturated rings. The third-order valence-electron chi connectivity index (χ3n) is 4.50. The molecule has 2 N–H and O–H groups in total. The lowest BCUT2D eigenvalue weighted by molar-refractivity contribution is 0.214. The Morgan fingerprint density at radius 3 is 3.00 bits per heavy atom. The molecule has 0 aliphatic heterocycles. The second-order valence-electron chi connectivity index (χ2n) is 7.51. The molecule has 0 radical (unpaired) electrons. The number of hydrogen-bond acceptors (Lipinski definition) is 3. The minimum absolute atomic E-state index is 0.000378. The molecule has 130 valence electrons. The second kappa shape index (κ2) is 6.34. The summed E-state index contributed by atoms with van der Waals surface area (Å²) in [5.74, 6) is 1.91. The van der Waals surface area contributed by atoms with Gasteiger partial charge in [0, 0.05) is 31.8 Å². The number of fused-ring (bicyclic) bond motifs is 1. The Balaban J connectivity index is 1.57. The normalized spacial score (nSPS) is 18.9. The lowest BCUT2D eigenvalue weighted by Gasteiger charge is -2.34. The maximum Gasteiger partial charge on any atom is 0.315 e. The fourth-order valence-electron chi connectivity index (χ4n) is 3.44. The van der Waals surface area contributed by atoms with Gasteiger partial charge in [0.2, 0.25) is 0 Å². The van der Waals surface area contributed by atoms with Crippen LogP contribution in [0.3, 0.4) is 0 Å². The van der Waals surface area contributed by atoms with E-state index in [0.29, 0.717) is 6.54 Å². The van der Waals surface area contributed by atoms with E-state index in [1.54, 1.807) is 4.68 Å². The molecule has 1 aliphatic rings. The summed E-state index contributed by atoms with van der Waals surface area (Å²) in [5, 5.41) is 10.2. The van der Waals surface area contributed by atoms with Crippen molar-refractivity contribution >= 4 is 6.03 Å². The third kappa shape index (κ3) is 3.80. The average molecular weight is 330 g/mol. The summed E-state index contributed by atoms with van der Waals surface area (Å²) in [4.78, 5) is 12.3. The topological polar surface area (TPSA) is 72.1 Å². The number of amides is 2. The number of aromatic nitrogens is 2. The van der Waals surface area contributed by atoms with Crippen molar-refractivity contribution in [1.29, 1.82) is 0 Å². The average Bonchev–Trinajstić information content (AvgIpc) is 3.03. The maximum absolute atomic E-state index is 12.3. The molecule has 2 aromatic heterocycles. The van der Waals surface area contributed by atoms with E-state index in [2.05, 4.69) is 29.6 Å². The van der Waals surface area contributed by atoms with Gasteiger partial charge < -0.3 is 15.1 Å². The zero-order valence-electron chi connectivity index (χ0n) is 14.8. The Kier molecular flexibility index (Phi) is 4.39. The third-order valence-corrected chi connectivity index (χ3v) is 4.50. The fourth-order valence-corrected chi connectivity index (χ4v) is 3.44. The number of carbonyl (C=O) groups is 1. The van der Waals surface area contributed by atoms with E-state index in [0.717, 1.165) is 41.9 Å². The Bertz CT molecular complexity index is 729. The molecule has 1 aliphatic carbocycles. The van der Waals surface area contributed by atoms with E-state index in [1.165, 1.54) is 0 Å². The van der Waals surface area contributed by atoms with Crippen molar-refractivity contribution in [3.63, 3.8) is 0 Å². The maximum atomic E-state index is 12.3. The van der Waals surface area contributed by atoms with E-state index in [-0.39, 0.29) is 17.5 Å². The van der Waals surface area contributed by atoms with Crippen LogP contribution < -0.4 is 10.6 Å². The first kappa shape index (κ1) is 16.6. The molecule has 6 heteroatoms. The highest BCUT2D eigenvalue weighted by Gasteiger charge is 2.35. The van der Waals surface area contributed by atoms with Crippen molar-refractivity contribution in [1.82, 2.24) is 20.4 Å². The van der Waals surface area contributed by atoms with E-state index < -0.39 is 0 Å². The first-order valence-electron chi connectivity index (χ1n) is 8.43. The first-order chi connectivity index (χ1) is 11.3. The van der Waals surface area contributed by atoms with Gasteiger partial charge in [-0.1, -0.05) is 13.8 Å². The van der Waals surface area contributed by atoms with Crippen LogP contribution in [0.4, 0.5) is 4.79 Å². The number of furan rings is 1. The molecule has 2 amide bonds. The van der Waals surface area contributed by atoms with Gasteiger partial charge in [-0.05, 0) is 36.8 Å². The van der Waals surface area contributed by atoms with Crippen molar-refractivity contribution in [3.8, 4) is 0 Å². The van der Waals surface area contributed by atoms with Gasteiger partial charge in [-0.3, -0.25) is 4.68 Å². The molecule has 1 atom stereocenters. The molecule has 3 rings (SSSR count). The summed E-state index contributed by atoms with van der Waals surface area (Å²) >= 11 is 0. The first-order valence-corrected chi connectivity index (χ1v) is 8.43. The summed E-state index contributed by atoms with van der Waals surface area (Å²) < 4.78 is 7.58. The number of urea groups is 1. The molecule has 0 aromatic carbocycles. The predicted octanol–water partition coefficient (Wildman–Crippen LogP) is 2.88. The summed E-state index contributed by atoms with van der Waals surface area (Å²) in [6, 6.07) is 1.91. The van der Waals surface area contributed by atoms with Crippen LogP contribution in [0.15, 0.2) is 22.9 Å². The van der Waals surface area contributed by atoms with E-state index in [1.807, 2.05) is 32.4 Å². The van der Waals surface area contributed by atoms with Gasteiger partial charge in [0.15, 0.2) is 0 Å². The van der Waals surface area contributed by atoms with Gasteiger partial charge in [0.1, 0.15) is 11.5 Å². The van der Waals surface area contributed by atoms with Crippen LogP contribution in [0.5, 0.6) is 0 Å². The predicted molar refractivity (Wildman–Crippen MR) is 91.7 cm³/mol. The Labute approximate surface area is 142 Å². The molecule has 2 aromatic rings. The molecule has 0 saturated heterocycles. The van der Waals surface area contributed by atoms with Crippen molar-refractivity contribution in [2.75, 3.05) is 6.54 Å². The largest absolute Gasteiger partial charge is 0.466 e. The molecule has 6 nitrogen and oxygen atoms in total. The quantitative estimate of drug-likeness (QED) is 0.905. The summed E-state index contributed by atoms with van der Waals surface area (Å²) in [5.41, 5.74) is 2.35. The molecule has 0 bridgehead atoms. The molecular formula is C18H26N4O2. The van der Waals surface area contributed by atoms with Gasteiger partial charge in [0.25, 0.3) is 0 Å². The Morgan fingerprint density at radius 2 is 2.29 bits per heavy atom. The summed E-state index contributed by atoms with van der Waals surface area (Å²) in [6.45, 7) is 6.97. The zero-order chi connectivity index (χ0) is 17.3. The number of nitrogens with one attached hydrogen (secondary N) is 2. The number of hydrogen-bond donors (Lipinski definition) is 2. The van der Waals surface area contributed by atoms with E-state index >= 15 is 0 Å². The van der Waals surface area contributed by atoms with E-state index in [4.69, 9.17) is 4.42 Å². The van der Waals surface area contributed by atoms with Crippen molar-refractivity contribution in [3.05, 3.63) is 41.1 Å². The fraction of sp³-hybridized carbons (Fsp3) is 0.556. The van der Waals surface area contributed by atoms with Crippen LogP contribution in [-0.4, -0.2) is 22.4 Å². The van der Waals surface area contributed by atoms with Gasteiger partial charge in [-0.2, -0.15) is 5.10 Å². The van der Waals surface area contributed by atoms with Crippen LogP contribution >= 0.6 is 0 Å². The summed E-state index contributed by atoms with van der Waals surface area (Å²) in [6.07, 6.45) is 6.38. The van der Waals surface area contributed by atoms with Crippen LogP contribution in [-0.2, 0) is 19.9 Å². The highest BCUT2D eigenvalue weighted by Crippen LogP contribution is 2.41. The zero-order valence-corrected chi connectivity index (χ0v) is 14.8. The molecule has 0 spiro atoms. The standard InChI is InChI=1S/C18H26N4O2/c1-12-7-14-15(8-18(2,3)9-16(14)24-12)21-17(23)19-6-5-13-10-20-22(4)11-13/h7,10-11,15H,5-6,8-9H2,1-4H3,(H2,19,21,23). The molecule has 1 unspecified atom stereocenters. The lowest BCUT2D eigenvalue weighted by Crippen LogP contribution is -2.42. The minimum Gasteiger partial charge on any atom is -0.466 e. The lowest BCUT2D eigenvalue weighted by atomic mass is 9.75. The monoisotopic (exact) mass is 330 g/mol. The van der Waals surface area contributed by atoms with Crippen molar-refractivity contribution in [2.24, 2.45) is 12.5 Å². The molecular weight excluding hydrogens is 304 g/mol. The minimum atomic E-state index is -0.133. The number of carbonyl (C=O) groups excluding carboxylic acids is 1. The molecule has 24 heavy (non-hydrogen) atoms. The van der Waals surface area contributed by atoms with Gasteiger partial charge >= 0.3 is 6.03 Å². The van der Waals surface area contributed by atoms with Gasteiger partial charge in [-0.15, -0.1) is 0 Å². The molecule has 0 saturated carbocycles. The van der Waals surface area contributed by atoms with Crippen LogP contribution in [0.1, 0.15) is 49.0 Å². The van der Waals surface area contributed by atoms with Crippen LogP contribution in [0.2, 0.25) is 0 Å².